The fourth-order valence-electron chi connectivity index (χ4n) is 2.72. The van der Waals surface area contributed by atoms with Crippen molar-refractivity contribution in [2.24, 2.45) is 10.7 Å². The number of hydrogen-bond acceptors (Lipinski definition) is 3. The second-order valence-corrected chi connectivity index (χ2v) is 9.06. The molecule has 1 aromatic rings. The number of rotatable bonds is 4. The largest absolute Gasteiger partial charge is 0.370 e. The van der Waals surface area contributed by atoms with E-state index in [0.717, 1.165) is 19.3 Å². The van der Waals surface area contributed by atoms with E-state index >= 15 is 0 Å². The highest BCUT2D eigenvalue weighted by Crippen LogP contribution is 2.24. The summed E-state index contributed by atoms with van der Waals surface area (Å²) in [6, 6.07) is 7.03. The summed E-state index contributed by atoms with van der Waals surface area (Å²) in [5, 5.41) is 3.08. The molecule has 0 aliphatic carbocycles. The predicted molar refractivity (Wildman–Crippen MR) is 97.3 cm³/mol. The second-order valence-electron chi connectivity index (χ2n) is 7.15. The normalized spacial score (nSPS) is 17.7. The van der Waals surface area contributed by atoms with E-state index < -0.39 is 10.0 Å². The fraction of sp³-hybridized carbons (Fsp3) is 0.588. The second kappa shape index (κ2) is 7.53. The molecule has 0 radical (unpaired) electrons. The van der Waals surface area contributed by atoms with E-state index in [9.17, 15) is 8.42 Å². The summed E-state index contributed by atoms with van der Waals surface area (Å²) in [5.74, 6) is 0.313. The van der Waals surface area contributed by atoms with Crippen LogP contribution in [0.1, 0.15) is 45.6 Å². The molecule has 1 aliphatic rings. The average Bonchev–Trinajstić information content (AvgIpc) is 2.52. The quantitative estimate of drug-likeness (QED) is 0.641. The van der Waals surface area contributed by atoms with Crippen molar-refractivity contribution < 1.29 is 8.42 Å². The van der Waals surface area contributed by atoms with Gasteiger partial charge in [0.1, 0.15) is 0 Å². The first kappa shape index (κ1) is 18.7. The number of sulfonamides is 1. The summed E-state index contributed by atoms with van der Waals surface area (Å²) in [6.07, 6.45) is 2.93. The van der Waals surface area contributed by atoms with Gasteiger partial charge in [-0.2, -0.15) is 4.31 Å². The number of nitrogens with zero attached hydrogens (tertiary/aromatic N) is 2. The third kappa shape index (κ3) is 4.95. The van der Waals surface area contributed by atoms with Gasteiger partial charge in [0.05, 0.1) is 11.4 Å². The van der Waals surface area contributed by atoms with Gasteiger partial charge in [-0.25, -0.2) is 13.4 Å². The summed E-state index contributed by atoms with van der Waals surface area (Å²) >= 11 is 0. The Hall–Kier alpha value is -1.60. The van der Waals surface area contributed by atoms with Gasteiger partial charge in [0.2, 0.25) is 10.0 Å². The Balaban J connectivity index is 2.22. The third-order valence-corrected chi connectivity index (χ3v) is 5.83. The van der Waals surface area contributed by atoms with Crippen molar-refractivity contribution in [1.29, 1.82) is 0 Å². The molecule has 7 heteroatoms. The van der Waals surface area contributed by atoms with Gasteiger partial charge >= 0.3 is 0 Å². The van der Waals surface area contributed by atoms with Gasteiger partial charge in [0.25, 0.3) is 0 Å². The van der Waals surface area contributed by atoms with E-state index in [0.29, 0.717) is 29.5 Å². The molecule has 1 fully saturated rings. The smallest absolute Gasteiger partial charge is 0.243 e. The van der Waals surface area contributed by atoms with Crippen LogP contribution in [0.2, 0.25) is 0 Å². The van der Waals surface area contributed by atoms with Crippen molar-refractivity contribution in [1.82, 2.24) is 9.62 Å². The van der Waals surface area contributed by atoms with Gasteiger partial charge in [-0.1, -0.05) is 24.6 Å². The molecular weight excluding hydrogens is 324 g/mol. The molecule has 0 unspecified atom stereocenters. The van der Waals surface area contributed by atoms with E-state index in [1.807, 2.05) is 26.8 Å². The molecule has 3 N–H and O–H groups in total. The van der Waals surface area contributed by atoms with Crippen molar-refractivity contribution in [3.05, 3.63) is 29.8 Å². The number of nitrogens with one attached hydrogen (secondary N) is 1. The van der Waals surface area contributed by atoms with Crippen molar-refractivity contribution in [2.75, 3.05) is 13.1 Å². The van der Waals surface area contributed by atoms with E-state index in [-0.39, 0.29) is 12.1 Å². The standard InChI is InChI=1S/C17H28N4O2S/c1-17(2,3)20-16(18)19-13-14-9-5-6-10-15(14)24(22,23)21-11-7-4-8-12-21/h5-6,9-10H,4,7-8,11-13H2,1-3H3,(H3,18,19,20). The molecule has 1 saturated heterocycles. The summed E-state index contributed by atoms with van der Waals surface area (Å²) in [5.41, 5.74) is 6.37. The van der Waals surface area contributed by atoms with Crippen molar-refractivity contribution in [2.45, 2.75) is 57.0 Å². The van der Waals surface area contributed by atoms with Gasteiger partial charge < -0.3 is 11.1 Å². The summed E-state index contributed by atoms with van der Waals surface area (Å²) in [7, 11) is -3.47. The Labute approximate surface area is 145 Å². The molecule has 0 amide bonds. The molecular formula is C17H28N4O2S. The van der Waals surface area contributed by atoms with Crippen molar-refractivity contribution in [3.63, 3.8) is 0 Å². The Bertz CT molecular complexity index is 687. The van der Waals surface area contributed by atoms with Gasteiger partial charge in [0, 0.05) is 18.6 Å². The molecule has 0 spiro atoms. The van der Waals surface area contributed by atoms with Crippen LogP contribution >= 0.6 is 0 Å². The SMILES string of the molecule is CC(C)(C)NC(N)=NCc1ccccc1S(=O)(=O)N1CCCCC1. The molecule has 1 aliphatic heterocycles. The predicted octanol–water partition coefficient (Wildman–Crippen LogP) is 2.06. The monoisotopic (exact) mass is 352 g/mol. The lowest BCUT2D eigenvalue weighted by atomic mass is 10.1. The van der Waals surface area contributed by atoms with Gasteiger partial charge in [-0.15, -0.1) is 0 Å². The van der Waals surface area contributed by atoms with Crippen LogP contribution in [0.5, 0.6) is 0 Å². The summed E-state index contributed by atoms with van der Waals surface area (Å²) in [4.78, 5) is 4.63. The minimum atomic E-state index is -3.47. The first-order chi connectivity index (χ1) is 11.2. The molecule has 1 aromatic carbocycles. The maximum Gasteiger partial charge on any atom is 0.243 e. The Morgan fingerprint density at radius 3 is 2.46 bits per heavy atom. The van der Waals surface area contributed by atoms with Crippen LogP contribution in [0.3, 0.4) is 0 Å². The zero-order valence-corrected chi connectivity index (χ0v) is 15.6. The average molecular weight is 353 g/mol. The highest BCUT2D eigenvalue weighted by atomic mass is 32.2. The van der Waals surface area contributed by atoms with Crippen LogP contribution in [0, 0.1) is 0 Å². The lowest BCUT2D eigenvalue weighted by Crippen LogP contribution is -2.45. The van der Waals surface area contributed by atoms with Crippen LogP contribution < -0.4 is 11.1 Å². The number of guanidine groups is 1. The lowest BCUT2D eigenvalue weighted by Gasteiger charge is -2.26. The lowest BCUT2D eigenvalue weighted by molar-refractivity contribution is 0.346. The van der Waals surface area contributed by atoms with E-state index in [2.05, 4.69) is 10.3 Å². The number of piperidine rings is 1. The third-order valence-electron chi connectivity index (χ3n) is 3.83. The zero-order valence-electron chi connectivity index (χ0n) is 14.7. The van der Waals surface area contributed by atoms with Crippen molar-refractivity contribution >= 4 is 16.0 Å². The maximum absolute atomic E-state index is 12.9. The van der Waals surface area contributed by atoms with E-state index in [4.69, 9.17) is 5.73 Å². The molecule has 6 nitrogen and oxygen atoms in total. The highest BCUT2D eigenvalue weighted by molar-refractivity contribution is 7.89. The van der Waals surface area contributed by atoms with E-state index in [1.54, 1.807) is 22.5 Å². The van der Waals surface area contributed by atoms with Crippen LogP contribution in [0.4, 0.5) is 0 Å². The van der Waals surface area contributed by atoms with Crippen molar-refractivity contribution in [3.8, 4) is 0 Å². The fourth-order valence-corrected chi connectivity index (χ4v) is 4.46. The maximum atomic E-state index is 12.9. The van der Waals surface area contributed by atoms with Crippen LogP contribution in [0.25, 0.3) is 0 Å². The Morgan fingerprint density at radius 2 is 1.83 bits per heavy atom. The summed E-state index contributed by atoms with van der Waals surface area (Å²) < 4.78 is 27.4. The number of aliphatic imine (C=N–C) groups is 1. The van der Waals surface area contributed by atoms with E-state index in [1.165, 1.54) is 0 Å². The molecule has 2 rings (SSSR count). The highest BCUT2D eigenvalue weighted by Gasteiger charge is 2.27. The van der Waals surface area contributed by atoms with Crippen LogP contribution in [-0.2, 0) is 16.6 Å². The topological polar surface area (TPSA) is 87.8 Å². The first-order valence-electron chi connectivity index (χ1n) is 8.36. The minimum absolute atomic E-state index is 0.188. The number of nitrogens with two attached hydrogens (primary N) is 1. The van der Waals surface area contributed by atoms with Crippen LogP contribution in [0.15, 0.2) is 34.2 Å². The first-order valence-corrected chi connectivity index (χ1v) is 9.80. The Kier molecular flexibility index (Phi) is 5.87. The zero-order chi connectivity index (χ0) is 17.8. The van der Waals surface area contributed by atoms with Gasteiger partial charge in [-0.05, 0) is 45.2 Å². The molecule has 24 heavy (non-hydrogen) atoms. The molecule has 0 aromatic heterocycles. The molecule has 0 bridgehead atoms. The molecule has 0 atom stereocenters. The van der Waals surface area contributed by atoms with Crippen LogP contribution in [-0.4, -0.2) is 37.3 Å². The molecule has 134 valence electrons. The molecule has 0 saturated carbocycles. The number of hydrogen-bond donors (Lipinski definition) is 2. The summed E-state index contributed by atoms with van der Waals surface area (Å²) in [6.45, 7) is 7.39. The number of benzene rings is 1. The van der Waals surface area contributed by atoms with Gasteiger partial charge in [0.15, 0.2) is 5.96 Å². The van der Waals surface area contributed by atoms with Gasteiger partial charge in [-0.3, -0.25) is 0 Å². The Morgan fingerprint density at radius 1 is 1.21 bits per heavy atom. The minimum Gasteiger partial charge on any atom is -0.370 e. The molecule has 1 heterocycles.